The first-order valence-electron chi connectivity index (χ1n) is 8.57. The van der Waals surface area contributed by atoms with E-state index in [0.29, 0.717) is 19.4 Å². The number of amides is 2. The molecule has 3 rings (SSSR count). The zero-order valence-electron chi connectivity index (χ0n) is 14.8. The first-order chi connectivity index (χ1) is 13.4. The molecular weight excluding hydrogens is 400 g/mol. The molecule has 8 nitrogen and oxygen atoms in total. The van der Waals surface area contributed by atoms with Crippen molar-refractivity contribution < 1.29 is 18.0 Å². The molecule has 2 N–H and O–H groups in total. The number of hydrogen-bond donors (Lipinski definition) is 2. The fourth-order valence-electron chi connectivity index (χ4n) is 3.01. The van der Waals surface area contributed by atoms with E-state index in [1.165, 1.54) is 16.4 Å². The summed E-state index contributed by atoms with van der Waals surface area (Å²) in [6.07, 6.45) is 1.29. The van der Waals surface area contributed by atoms with Gasteiger partial charge in [-0.3, -0.25) is 9.59 Å². The van der Waals surface area contributed by atoms with Gasteiger partial charge < -0.3 is 10.6 Å². The smallest absolute Gasteiger partial charge is 0.313 e. The van der Waals surface area contributed by atoms with E-state index >= 15 is 0 Å². The highest BCUT2D eigenvalue weighted by Crippen LogP contribution is 2.28. The van der Waals surface area contributed by atoms with Crippen LogP contribution in [0.1, 0.15) is 18.4 Å². The number of carbonyl (C=O) groups excluding carboxylic acids is 2. The van der Waals surface area contributed by atoms with Crippen LogP contribution in [0.3, 0.4) is 0 Å². The van der Waals surface area contributed by atoms with Gasteiger partial charge in [-0.2, -0.15) is 9.57 Å². The number of sulfonamides is 1. The number of para-hydroxylation sites is 1. The molecule has 1 atom stereocenters. The van der Waals surface area contributed by atoms with Gasteiger partial charge in [0.05, 0.1) is 11.3 Å². The van der Waals surface area contributed by atoms with Crippen molar-refractivity contribution in [3.8, 4) is 6.07 Å². The van der Waals surface area contributed by atoms with Crippen LogP contribution in [0.2, 0.25) is 0 Å². The van der Waals surface area contributed by atoms with Crippen LogP contribution >= 0.6 is 11.3 Å². The third-order valence-electron chi connectivity index (χ3n) is 4.38. The Hall–Kier alpha value is -2.74. The van der Waals surface area contributed by atoms with Crippen molar-refractivity contribution in [2.45, 2.75) is 23.1 Å². The number of benzene rings is 1. The first kappa shape index (κ1) is 20.0. The summed E-state index contributed by atoms with van der Waals surface area (Å²) in [5.74, 6) is -1.79. The van der Waals surface area contributed by atoms with Crippen LogP contribution in [0.4, 0.5) is 5.69 Å². The minimum Gasteiger partial charge on any atom is -0.346 e. The Bertz CT molecular complexity index is 1010. The van der Waals surface area contributed by atoms with Crippen LogP contribution in [0.5, 0.6) is 0 Å². The van der Waals surface area contributed by atoms with Crippen molar-refractivity contribution in [1.82, 2.24) is 9.62 Å². The van der Waals surface area contributed by atoms with Crippen molar-refractivity contribution in [1.29, 1.82) is 5.26 Å². The quantitative estimate of drug-likeness (QED) is 0.714. The number of nitriles is 1. The molecule has 0 spiro atoms. The summed E-state index contributed by atoms with van der Waals surface area (Å²) in [7, 11) is -3.61. The van der Waals surface area contributed by atoms with Crippen LogP contribution in [0.15, 0.2) is 46.0 Å². The van der Waals surface area contributed by atoms with Crippen LogP contribution in [0, 0.1) is 11.3 Å². The van der Waals surface area contributed by atoms with Crippen molar-refractivity contribution in [2.24, 2.45) is 0 Å². The predicted octanol–water partition coefficient (Wildman–Crippen LogP) is 1.53. The topological polar surface area (TPSA) is 119 Å². The molecule has 1 fully saturated rings. The molecule has 1 aromatic heterocycles. The lowest BCUT2D eigenvalue weighted by Gasteiger charge is -2.23. The number of anilines is 1. The standard InChI is InChI=1S/C18H18N4O4S2/c19-11-13-5-1-2-7-15(13)21-18(24)17(23)20-12-14-6-3-9-22(14)28(25,26)16-8-4-10-27-16/h1-2,4-5,7-8,10,14H,3,6,9,12H2,(H,20,23)(H,21,24). The predicted molar refractivity (Wildman–Crippen MR) is 104 cm³/mol. The van der Waals surface area contributed by atoms with Gasteiger partial charge in [0.1, 0.15) is 10.3 Å². The molecule has 0 bridgehead atoms. The Morgan fingerprint density at radius 1 is 1.21 bits per heavy atom. The summed E-state index contributed by atoms with van der Waals surface area (Å²) < 4.78 is 27.1. The van der Waals surface area contributed by atoms with Crippen LogP contribution in [-0.2, 0) is 19.6 Å². The lowest BCUT2D eigenvalue weighted by Crippen LogP contribution is -2.45. The molecule has 1 aliphatic rings. The van der Waals surface area contributed by atoms with Gasteiger partial charge in [-0.05, 0) is 36.4 Å². The van der Waals surface area contributed by atoms with Gasteiger partial charge in [0.15, 0.2) is 0 Å². The third-order valence-corrected chi connectivity index (χ3v) is 7.71. The summed E-state index contributed by atoms with van der Waals surface area (Å²) in [6.45, 7) is 0.416. The summed E-state index contributed by atoms with van der Waals surface area (Å²) in [6, 6.07) is 11.1. The molecule has 146 valence electrons. The molecule has 10 heteroatoms. The van der Waals surface area contributed by atoms with E-state index in [4.69, 9.17) is 5.26 Å². The molecule has 2 aromatic rings. The maximum absolute atomic E-state index is 12.7. The summed E-state index contributed by atoms with van der Waals surface area (Å²) >= 11 is 1.15. The van der Waals surface area contributed by atoms with Gasteiger partial charge in [0.25, 0.3) is 10.0 Å². The van der Waals surface area contributed by atoms with E-state index in [-0.39, 0.29) is 22.0 Å². The van der Waals surface area contributed by atoms with Gasteiger partial charge in [0, 0.05) is 19.1 Å². The van der Waals surface area contributed by atoms with E-state index in [1.807, 2.05) is 6.07 Å². The average Bonchev–Trinajstić information content (AvgIpc) is 3.38. The zero-order chi connectivity index (χ0) is 20.1. The van der Waals surface area contributed by atoms with E-state index in [2.05, 4.69) is 10.6 Å². The van der Waals surface area contributed by atoms with Gasteiger partial charge in [-0.25, -0.2) is 8.42 Å². The number of hydrogen-bond acceptors (Lipinski definition) is 6. The molecule has 1 aromatic carbocycles. The molecule has 2 amide bonds. The first-order valence-corrected chi connectivity index (χ1v) is 10.9. The number of nitrogens with one attached hydrogen (secondary N) is 2. The highest BCUT2D eigenvalue weighted by molar-refractivity contribution is 7.91. The molecule has 1 unspecified atom stereocenters. The minimum absolute atomic E-state index is 0.0384. The second-order valence-corrected chi connectivity index (χ2v) is 9.23. The van der Waals surface area contributed by atoms with Crippen LogP contribution in [0.25, 0.3) is 0 Å². The summed E-state index contributed by atoms with van der Waals surface area (Å²) in [5.41, 5.74) is 0.487. The Kier molecular flexibility index (Phi) is 6.08. The van der Waals surface area contributed by atoms with Crippen LogP contribution in [-0.4, -0.2) is 43.7 Å². The SMILES string of the molecule is N#Cc1ccccc1NC(=O)C(=O)NCC1CCCN1S(=O)(=O)c1cccs1. The molecular formula is C18H18N4O4S2. The van der Waals surface area contributed by atoms with Gasteiger partial charge in [-0.15, -0.1) is 11.3 Å². The van der Waals surface area contributed by atoms with Crippen molar-refractivity contribution in [3.05, 3.63) is 47.3 Å². The monoisotopic (exact) mass is 418 g/mol. The molecule has 0 saturated carbocycles. The fourth-order valence-corrected chi connectivity index (χ4v) is 5.83. The molecule has 1 aliphatic heterocycles. The van der Waals surface area contributed by atoms with Gasteiger partial charge >= 0.3 is 11.8 Å². The van der Waals surface area contributed by atoms with E-state index < -0.39 is 27.9 Å². The molecule has 0 radical (unpaired) electrons. The highest BCUT2D eigenvalue weighted by Gasteiger charge is 2.36. The Balaban J connectivity index is 1.61. The van der Waals surface area contributed by atoms with Crippen molar-refractivity contribution >= 4 is 38.9 Å². The Labute approximate surface area is 166 Å². The summed E-state index contributed by atoms with van der Waals surface area (Å²) in [4.78, 5) is 24.2. The lowest BCUT2D eigenvalue weighted by atomic mass is 10.2. The number of thiophene rings is 1. The number of carbonyl (C=O) groups is 2. The molecule has 28 heavy (non-hydrogen) atoms. The third kappa shape index (κ3) is 4.22. The van der Waals surface area contributed by atoms with Crippen molar-refractivity contribution in [3.63, 3.8) is 0 Å². The van der Waals surface area contributed by atoms with E-state index in [0.717, 1.165) is 11.3 Å². The number of rotatable bonds is 5. The zero-order valence-corrected chi connectivity index (χ0v) is 16.4. The number of nitrogens with zero attached hydrogens (tertiary/aromatic N) is 2. The lowest BCUT2D eigenvalue weighted by molar-refractivity contribution is -0.136. The highest BCUT2D eigenvalue weighted by atomic mass is 32.2. The normalized spacial score (nSPS) is 17.0. The minimum atomic E-state index is -3.61. The fraction of sp³-hybridized carbons (Fsp3) is 0.278. The van der Waals surface area contributed by atoms with Gasteiger partial charge in [-0.1, -0.05) is 18.2 Å². The van der Waals surface area contributed by atoms with Gasteiger partial charge in [0.2, 0.25) is 0 Å². The molecule has 0 aliphatic carbocycles. The average molecular weight is 419 g/mol. The molecule has 2 heterocycles. The molecule has 1 saturated heterocycles. The van der Waals surface area contributed by atoms with E-state index in [9.17, 15) is 18.0 Å². The largest absolute Gasteiger partial charge is 0.346 e. The maximum Gasteiger partial charge on any atom is 0.313 e. The summed E-state index contributed by atoms with van der Waals surface area (Å²) in [5, 5.41) is 15.6. The van der Waals surface area contributed by atoms with Crippen molar-refractivity contribution in [2.75, 3.05) is 18.4 Å². The Morgan fingerprint density at radius 3 is 2.71 bits per heavy atom. The van der Waals surface area contributed by atoms with Crippen LogP contribution < -0.4 is 10.6 Å². The second kappa shape index (κ2) is 8.52. The maximum atomic E-state index is 12.7. The van der Waals surface area contributed by atoms with E-state index in [1.54, 1.807) is 29.6 Å². The Morgan fingerprint density at radius 2 is 2.00 bits per heavy atom. The second-order valence-electron chi connectivity index (χ2n) is 6.17.